The molecule has 8 heteroatoms. The minimum absolute atomic E-state index is 0.0865. The quantitative estimate of drug-likeness (QED) is 0.530. The van der Waals surface area contributed by atoms with E-state index in [4.69, 9.17) is 15.5 Å². The molecule has 1 aliphatic heterocycles. The molecule has 0 radical (unpaired) electrons. The van der Waals surface area contributed by atoms with Gasteiger partial charge < -0.3 is 10.5 Å². The van der Waals surface area contributed by atoms with Gasteiger partial charge in [0, 0.05) is 22.5 Å². The van der Waals surface area contributed by atoms with Crippen molar-refractivity contribution in [3.63, 3.8) is 0 Å². The fourth-order valence-corrected chi connectivity index (χ4v) is 5.24. The third-order valence-corrected chi connectivity index (χ3v) is 6.84. The normalized spacial score (nSPS) is 15.6. The highest BCUT2D eigenvalue weighted by molar-refractivity contribution is 7.15. The number of aliphatic imine (C=N–C) groups is 1. The van der Waals surface area contributed by atoms with Crippen LogP contribution in [0.1, 0.15) is 72.0 Å². The summed E-state index contributed by atoms with van der Waals surface area (Å²) < 4.78 is 7.66. The summed E-state index contributed by atoms with van der Waals surface area (Å²) in [5.41, 5.74) is 10.2. The number of nitrogens with zero attached hydrogens (tertiary/aromatic N) is 4. The van der Waals surface area contributed by atoms with E-state index < -0.39 is 11.6 Å². The van der Waals surface area contributed by atoms with Crippen molar-refractivity contribution in [2.75, 3.05) is 6.54 Å². The summed E-state index contributed by atoms with van der Waals surface area (Å²) in [5, 5.41) is 9.81. The first kappa shape index (κ1) is 24.0. The van der Waals surface area contributed by atoms with Crippen LogP contribution in [0.2, 0.25) is 0 Å². The van der Waals surface area contributed by atoms with E-state index in [0.717, 1.165) is 33.2 Å². The topological polar surface area (TPSA) is 95.4 Å². The highest BCUT2D eigenvalue weighted by Crippen LogP contribution is 2.39. The van der Waals surface area contributed by atoms with Crippen LogP contribution < -0.4 is 5.73 Å². The number of hydrogen-bond acceptors (Lipinski definition) is 7. The summed E-state index contributed by atoms with van der Waals surface area (Å²) in [4.78, 5) is 19.2. The lowest BCUT2D eigenvalue weighted by molar-refractivity contribution is -0.155. The number of esters is 1. The van der Waals surface area contributed by atoms with Crippen LogP contribution in [-0.4, -0.2) is 38.6 Å². The molecule has 3 heterocycles. The number of carbonyl (C=O) groups is 1. The molecule has 3 aromatic rings. The average molecular weight is 478 g/mol. The van der Waals surface area contributed by atoms with Gasteiger partial charge in [-0.1, -0.05) is 36.4 Å². The van der Waals surface area contributed by atoms with E-state index in [1.165, 1.54) is 10.4 Å². The second kappa shape index (κ2) is 9.27. The van der Waals surface area contributed by atoms with Crippen molar-refractivity contribution in [3.8, 4) is 5.00 Å². The van der Waals surface area contributed by atoms with Gasteiger partial charge in [-0.15, -0.1) is 21.5 Å². The van der Waals surface area contributed by atoms with Gasteiger partial charge in [-0.25, -0.2) is 0 Å². The highest BCUT2D eigenvalue weighted by Gasteiger charge is 2.33. The molecule has 7 nitrogen and oxygen atoms in total. The third-order valence-electron chi connectivity index (χ3n) is 5.65. The van der Waals surface area contributed by atoms with Crippen molar-refractivity contribution in [2.24, 2.45) is 10.7 Å². The minimum atomic E-state index is -0.572. The summed E-state index contributed by atoms with van der Waals surface area (Å²) in [5.74, 6) is 1.11. The Morgan fingerprint density at radius 3 is 2.53 bits per heavy atom. The van der Waals surface area contributed by atoms with Crippen molar-refractivity contribution in [3.05, 3.63) is 69.1 Å². The Morgan fingerprint density at radius 1 is 1.18 bits per heavy atom. The lowest BCUT2D eigenvalue weighted by Crippen LogP contribution is -2.25. The van der Waals surface area contributed by atoms with Crippen LogP contribution in [0.4, 0.5) is 0 Å². The van der Waals surface area contributed by atoms with Crippen molar-refractivity contribution < 1.29 is 9.53 Å². The Bertz CT molecular complexity index is 1280. The second-order valence-electron chi connectivity index (χ2n) is 9.45. The van der Waals surface area contributed by atoms with Crippen LogP contribution in [0.25, 0.3) is 11.1 Å². The van der Waals surface area contributed by atoms with Gasteiger partial charge in [0.25, 0.3) is 0 Å². The van der Waals surface area contributed by atoms with Crippen molar-refractivity contribution in [1.29, 1.82) is 0 Å². The van der Waals surface area contributed by atoms with Crippen LogP contribution >= 0.6 is 11.3 Å². The van der Waals surface area contributed by atoms with Crippen LogP contribution in [-0.2, 0) is 9.53 Å². The molecule has 178 valence electrons. The molecule has 4 rings (SSSR count). The van der Waals surface area contributed by atoms with E-state index in [-0.39, 0.29) is 12.4 Å². The first-order chi connectivity index (χ1) is 16.1. The molecule has 0 fully saturated rings. The number of nitrogens with two attached hydrogens (primary N) is 1. The summed E-state index contributed by atoms with van der Waals surface area (Å²) in [6, 6.07) is 7.72. The molecule has 2 aromatic heterocycles. The van der Waals surface area contributed by atoms with Crippen molar-refractivity contribution >= 4 is 29.1 Å². The lowest BCUT2D eigenvalue weighted by Gasteiger charge is -2.21. The van der Waals surface area contributed by atoms with E-state index in [0.29, 0.717) is 12.4 Å². The first-order valence-corrected chi connectivity index (χ1v) is 12.2. The number of benzene rings is 1. The van der Waals surface area contributed by atoms with Crippen LogP contribution in [0, 0.1) is 20.8 Å². The zero-order valence-corrected chi connectivity index (χ0v) is 21.4. The Kier molecular flexibility index (Phi) is 6.55. The highest BCUT2D eigenvalue weighted by atomic mass is 32.1. The summed E-state index contributed by atoms with van der Waals surface area (Å²) in [6.07, 6.45) is 4.01. The van der Waals surface area contributed by atoms with Gasteiger partial charge in [-0.2, -0.15) is 0 Å². The summed E-state index contributed by atoms with van der Waals surface area (Å²) >= 11 is 1.70. The SMILES string of the molecule is Cc1sc2c(c1C)C(c1ccc(C=CCN)cc1)=N[C@@H](CC(=O)OC(C)(C)C)c1nnc(C)n1-2. The molecule has 2 N–H and O–H groups in total. The largest absolute Gasteiger partial charge is 0.460 e. The molecule has 0 bridgehead atoms. The van der Waals surface area contributed by atoms with Gasteiger partial charge >= 0.3 is 5.97 Å². The van der Waals surface area contributed by atoms with E-state index in [2.05, 4.69) is 48.3 Å². The molecular weight excluding hydrogens is 446 g/mol. The molecule has 34 heavy (non-hydrogen) atoms. The van der Waals surface area contributed by atoms with Crippen LogP contribution in [0.5, 0.6) is 0 Å². The van der Waals surface area contributed by atoms with Crippen molar-refractivity contribution in [1.82, 2.24) is 14.8 Å². The van der Waals surface area contributed by atoms with Crippen LogP contribution in [0.3, 0.4) is 0 Å². The maximum atomic E-state index is 12.8. The van der Waals surface area contributed by atoms with E-state index >= 15 is 0 Å². The fourth-order valence-electron chi connectivity index (χ4n) is 4.02. The molecule has 0 aliphatic carbocycles. The zero-order valence-electron chi connectivity index (χ0n) is 20.5. The molecular formula is C26H31N5O2S. The average Bonchev–Trinajstić information content (AvgIpc) is 3.24. The van der Waals surface area contributed by atoms with E-state index in [1.807, 2.05) is 44.4 Å². The zero-order chi connectivity index (χ0) is 24.6. The van der Waals surface area contributed by atoms with Crippen molar-refractivity contribution in [2.45, 2.75) is 59.6 Å². The smallest absolute Gasteiger partial charge is 0.308 e. The number of rotatable bonds is 5. The molecule has 0 saturated carbocycles. The first-order valence-electron chi connectivity index (χ1n) is 11.4. The maximum Gasteiger partial charge on any atom is 0.308 e. The standard InChI is InChI=1S/C26H31N5O2S/c1-15-16(2)34-25-22(15)23(19-11-9-18(10-12-19)8-7-13-27)28-20(14-21(32)33-26(4,5)6)24-30-29-17(3)31(24)25/h7-12,20H,13-14,27H2,1-6H3/t20-/m0/s1. The number of fused-ring (bicyclic) bond motifs is 3. The van der Waals surface area contributed by atoms with Gasteiger partial charge in [0.2, 0.25) is 0 Å². The van der Waals surface area contributed by atoms with Gasteiger partial charge in [0.1, 0.15) is 22.5 Å². The van der Waals surface area contributed by atoms with Gasteiger partial charge in [0.15, 0.2) is 5.82 Å². The predicted octanol–water partition coefficient (Wildman–Crippen LogP) is 4.85. The Labute approximate surface area is 204 Å². The number of thiophene rings is 1. The van der Waals surface area contributed by atoms with Gasteiger partial charge in [0.05, 0.1) is 12.1 Å². The summed E-state index contributed by atoms with van der Waals surface area (Å²) in [6.45, 7) is 12.3. The second-order valence-corrected chi connectivity index (χ2v) is 10.7. The molecule has 1 atom stereocenters. The molecule has 1 aromatic carbocycles. The Morgan fingerprint density at radius 2 is 1.88 bits per heavy atom. The Hall–Kier alpha value is -3.10. The lowest BCUT2D eigenvalue weighted by atomic mass is 9.98. The van der Waals surface area contributed by atoms with Gasteiger partial charge in [-0.3, -0.25) is 14.4 Å². The monoisotopic (exact) mass is 477 g/mol. The molecule has 0 saturated heterocycles. The number of hydrogen-bond donors (Lipinski definition) is 1. The maximum absolute atomic E-state index is 12.8. The molecule has 1 aliphatic rings. The number of ether oxygens (including phenoxy) is 1. The van der Waals surface area contributed by atoms with Crippen LogP contribution in [0.15, 0.2) is 35.3 Å². The van der Waals surface area contributed by atoms with Gasteiger partial charge in [-0.05, 0) is 52.7 Å². The van der Waals surface area contributed by atoms with E-state index in [1.54, 1.807) is 11.3 Å². The fraction of sp³-hybridized carbons (Fsp3) is 0.385. The molecule has 0 amide bonds. The number of aromatic nitrogens is 3. The molecule has 0 unspecified atom stereocenters. The third kappa shape index (κ3) is 4.74. The minimum Gasteiger partial charge on any atom is -0.460 e. The summed E-state index contributed by atoms with van der Waals surface area (Å²) in [7, 11) is 0. The number of carbonyl (C=O) groups excluding carboxylic acids is 1. The number of aryl methyl sites for hydroxylation is 2. The van der Waals surface area contributed by atoms with E-state index in [9.17, 15) is 4.79 Å². The predicted molar refractivity (Wildman–Crippen MR) is 137 cm³/mol. The Balaban J connectivity index is 1.87. The molecule has 0 spiro atoms.